The van der Waals surface area contributed by atoms with Gasteiger partial charge in [0.05, 0.1) is 23.9 Å². The third-order valence-corrected chi connectivity index (χ3v) is 6.05. The Kier molecular flexibility index (Phi) is 4.78. The third kappa shape index (κ3) is 3.02. The van der Waals surface area contributed by atoms with Crippen LogP contribution in [0.3, 0.4) is 0 Å². The molecule has 6 nitrogen and oxygen atoms in total. The number of carbonyl (C=O) groups is 1. The minimum atomic E-state index is -0.461. The van der Waals surface area contributed by atoms with Gasteiger partial charge in [0.2, 0.25) is 0 Å². The summed E-state index contributed by atoms with van der Waals surface area (Å²) in [5.41, 5.74) is 2.71. The highest BCUT2D eigenvalue weighted by Crippen LogP contribution is 2.45. The number of pyridine rings is 1. The number of hydrogen-bond donors (Lipinski definition) is 0. The summed E-state index contributed by atoms with van der Waals surface area (Å²) in [4.78, 5) is 21.2. The molecule has 2 saturated heterocycles. The summed E-state index contributed by atoms with van der Waals surface area (Å²) in [6.45, 7) is 4.54. The van der Waals surface area contributed by atoms with E-state index in [-0.39, 0.29) is 0 Å². The fraction of sp³-hybridized carbons (Fsp3) is 0.409. The molecular formula is C22H24N4O2. The lowest BCUT2D eigenvalue weighted by Gasteiger charge is -2.27. The van der Waals surface area contributed by atoms with E-state index in [9.17, 15) is 10.1 Å². The highest BCUT2D eigenvalue weighted by Gasteiger charge is 2.46. The van der Waals surface area contributed by atoms with E-state index in [1.54, 1.807) is 13.0 Å². The Labute approximate surface area is 165 Å². The number of fused-ring (bicyclic) bond motifs is 1. The number of ether oxygens (including phenoxy) is 1. The lowest BCUT2D eigenvalue weighted by Crippen LogP contribution is -2.30. The van der Waals surface area contributed by atoms with Crippen LogP contribution in [0.25, 0.3) is 0 Å². The van der Waals surface area contributed by atoms with Gasteiger partial charge in [0, 0.05) is 31.6 Å². The molecule has 0 spiro atoms. The second kappa shape index (κ2) is 7.25. The van der Waals surface area contributed by atoms with Crippen LogP contribution in [0.15, 0.2) is 36.4 Å². The van der Waals surface area contributed by atoms with Gasteiger partial charge in [-0.25, -0.2) is 9.78 Å². The predicted octanol–water partition coefficient (Wildman–Crippen LogP) is 2.79. The molecule has 28 heavy (non-hydrogen) atoms. The molecule has 2 fully saturated rings. The monoisotopic (exact) mass is 376 g/mol. The normalized spacial score (nSPS) is 24.1. The van der Waals surface area contributed by atoms with Crippen LogP contribution in [-0.2, 0) is 4.74 Å². The third-order valence-electron chi connectivity index (χ3n) is 6.05. The topological polar surface area (TPSA) is 69.5 Å². The number of nitrogens with zero attached hydrogens (tertiary/aromatic N) is 4. The van der Waals surface area contributed by atoms with Crippen LogP contribution in [0.4, 0.5) is 5.82 Å². The number of anilines is 1. The number of methoxy groups -OCH3 is 1. The molecule has 0 N–H and O–H groups in total. The van der Waals surface area contributed by atoms with Gasteiger partial charge in [-0.1, -0.05) is 30.3 Å². The molecule has 2 aromatic rings. The molecule has 3 atom stereocenters. The highest BCUT2D eigenvalue weighted by atomic mass is 16.5. The standard InChI is InChI=1S/C22H24N4O2/c1-14-18(22(27)28-3)9-16(10-23)21(24-14)26-12-17-11-25(2)20(19(17)13-26)15-7-5-4-6-8-15/h4-9,17,19-20H,11-13H2,1-3H3/t17-,19+,20-/m0/s1. The zero-order valence-electron chi connectivity index (χ0n) is 16.4. The first-order valence-corrected chi connectivity index (χ1v) is 9.53. The minimum absolute atomic E-state index is 0.351. The zero-order valence-corrected chi connectivity index (χ0v) is 16.4. The molecule has 1 aromatic carbocycles. The maximum atomic E-state index is 11.9. The Hall–Kier alpha value is -2.91. The van der Waals surface area contributed by atoms with Crippen LogP contribution >= 0.6 is 0 Å². The average molecular weight is 376 g/mol. The number of benzene rings is 1. The van der Waals surface area contributed by atoms with Crippen LogP contribution < -0.4 is 4.90 Å². The Balaban J connectivity index is 1.64. The van der Waals surface area contributed by atoms with Gasteiger partial charge in [-0.15, -0.1) is 0 Å². The highest BCUT2D eigenvalue weighted by molar-refractivity contribution is 5.91. The SMILES string of the molecule is COC(=O)c1cc(C#N)c(N2C[C@@H]3CN(C)[C@@H](c4ccccc4)[C@@H]3C2)nc1C. The maximum absolute atomic E-state index is 11.9. The molecule has 4 rings (SSSR count). The number of rotatable bonds is 3. The van der Waals surface area contributed by atoms with Crippen LogP contribution in [0, 0.1) is 30.1 Å². The summed E-state index contributed by atoms with van der Waals surface area (Å²) >= 11 is 0. The molecule has 0 bridgehead atoms. The van der Waals surface area contributed by atoms with E-state index in [0.29, 0.717) is 40.5 Å². The van der Waals surface area contributed by atoms with Crippen molar-refractivity contribution in [2.24, 2.45) is 11.8 Å². The molecule has 6 heteroatoms. The van der Waals surface area contributed by atoms with Gasteiger partial charge in [-0.3, -0.25) is 4.90 Å². The summed E-state index contributed by atoms with van der Waals surface area (Å²) in [5, 5.41) is 9.65. The molecule has 0 amide bonds. The van der Waals surface area contributed by atoms with Crippen molar-refractivity contribution >= 4 is 11.8 Å². The molecule has 2 aliphatic heterocycles. The maximum Gasteiger partial charge on any atom is 0.339 e. The Bertz CT molecular complexity index is 938. The largest absolute Gasteiger partial charge is 0.465 e. The predicted molar refractivity (Wildman–Crippen MR) is 106 cm³/mol. The zero-order chi connectivity index (χ0) is 19.8. The fourth-order valence-electron chi connectivity index (χ4n) is 4.82. The van der Waals surface area contributed by atoms with Gasteiger partial charge in [0.15, 0.2) is 0 Å². The Morgan fingerprint density at radius 1 is 1.25 bits per heavy atom. The summed E-state index contributed by atoms with van der Waals surface area (Å²) in [5.74, 6) is 1.24. The van der Waals surface area contributed by atoms with E-state index in [0.717, 1.165) is 19.6 Å². The van der Waals surface area contributed by atoms with Crippen molar-refractivity contribution in [2.45, 2.75) is 13.0 Å². The summed E-state index contributed by atoms with van der Waals surface area (Å²) < 4.78 is 4.81. The second-order valence-corrected chi connectivity index (χ2v) is 7.72. The van der Waals surface area contributed by atoms with Crippen molar-refractivity contribution in [3.05, 3.63) is 58.8 Å². The van der Waals surface area contributed by atoms with Crippen LogP contribution in [0.2, 0.25) is 0 Å². The number of likely N-dealkylation sites (tertiary alicyclic amines) is 1. The van der Waals surface area contributed by atoms with Crippen molar-refractivity contribution in [1.29, 1.82) is 5.26 Å². The lowest BCUT2D eigenvalue weighted by atomic mass is 9.90. The number of aryl methyl sites for hydroxylation is 1. The minimum Gasteiger partial charge on any atom is -0.465 e. The number of nitriles is 1. The van der Waals surface area contributed by atoms with Crippen molar-refractivity contribution in [1.82, 2.24) is 9.88 Å². The second-order valence-electron chi connectivity index (χ2n) is 7.72. The number of carbonyl (C=O) groups excluding carboxylic acids is 1. The fourth-order valence-corrected chi connectivity index (χ4v) is 4.82. The van der Waals surface area contributed by atoms with E-state index in [1.807, 2.05) is 6.07 Å². The van der Waals surface area contributed by atoms with Crippen LogP contribution in [0.5, 0.6) is 0 Å². The Morgan fingerprint density at radius 3 is 2.68 bits per heavy atom. The molecular weight excluding hydrogens is 352 g/mol. The molecule has 144 valence electrons. The number of esters is 1. The first-order chi connectivity index (χ1) is 13.5. The van der Waals surface area contributed by atoms with Crippen molar-refractivity contribution in [3.63, 3.8) is 0 Å². The smallest absolute Gasteiger partial charge is 0.339 e. The molecule has 0 unspecified atom stereocenters. The van der Waals surface area contributed by atoms with Gasteiger partial charge in [-0.05, 0) is 31.5 Å². The molecule has 3 heterocycles. The van der Waals surface area contributed by atoms with Crippen molar-refractivity contribution in [2.75, 3.05) is 38.7 Å². The van der Waals surface area contributed by atoms with Crippen LogP contribution in [0.1, 0.15) is 33.2 Å². The van der Waals surface area contributed by atoms with E-state index in [4.69, 9.17) is 4.74 Å². The summed E-state index contributed by atoms with van der Waals surface area (Å²) in [6, 6.07) is 14.8. The lowest BCUT2D eigenvalue weighted by molar-refractivity contribution is 0.0599. The van der Waals surface area contributed by atoms with Crippen molar-refractivity contribution < 1.29 is 9.53 Å². The van der Waals surface area contributed by atoms with E-state index in [1.165, 1.54) is 12.7 Å². The van der Waals surface area contributed by atoms with E-state index < -0.39 is 5.97 Å². The van der Waals surface area contributed by atoms with E-state index >= 15 is 0 Å². The first-order valence-electron chi connectivity index (χ1n) is 9.53. The van der Waals surface area contributed by atoms with Gasteiger partial charge in [0.1, 0.15) is 11.9 Å². The van der Waals surface area contributed by atoms with Crippen LogP contribution in [-0.4, -0.2) is 49.6 Å². The van der Waals surface area contributed by atoms with Gasteiger partial charge < -0.3 is 9.64 Å². The van der Waals surface area contributed by atoms with Crippen molar-refractivity contribution in [3.8, 4) is 6.07 Å². The van der Waals surface area contributed by atoms with E-state index in [2.05, 4.69) is 52.2 Å². The molecule has 2 aliphatic rings. The van der Waals surface area contributed by atoms with Gasteiger partial charge >= 0.3 is 5.97 Å². The first kappa shape index (κ1) is 18.5. The quantitative estimate of drug-likeness (QED) is 0.768. The molecule has 1 aromatic heterocycles. The number of hydrogen-bond acceptors (Lipinski definition) is 6. The van der Waals surface area contributed by atoms with Gasteiger partial charge in [0.25, 0.3) is 0 Å². The number of aromatic nitrogens is 1. The average Bonchev–Trinajstić information content (AvgIpc) is 3.24. The summed E-state index contributed by atoms with van der Waals surface area (Å²) in [6.07, 6.45) is 0. The summed E-state index contributed by atoms with van der Waals surface area (Å²) in [7, 11) is 3.53. The van der Waals surface area contributed by atoms with Gasteiger partial charge in [-0.2, -0.15) is 5.26 Å². The Morgan fingerprint density at radius 2 is 2.00 bits per heavy atom. The molecule has 0 saturated carbocycles. The molecule has 0 radical (unpaired) electrons. The molecule has 0 aliphatic carbocycles.